The molecule has 1 saturated carbocycles. The minimum atomic E-state index is -0.856. The molecule has 2 N–H and O–H groups in total. The number of fused-ring (bicyclic) bond motifs is 1. The highest BCUT2D eigenvalue weighted by Crippen LogP contribution is 2.42. The largest absolute Gasteiger partial charge is 0.395 e. The summed E-state index contributed by atoms with van der Waals surface area (Å²) in [6.07, 6.45) is 5.34. The van der Waals surface area contributed by atoms with Crippen LogP contribution in [0.25, 0.3) is 0 Å². The number of halogens is 1. The van der Waals surface area contributed by atoms with E-state index in [0.717, 1.165) is 56.2 Å². The first kappa shape index (κ1) is 24.0. The van der Waals surface area contributed by atoms with Gasteiger partial charge in [-0.25, -0.2) is 4.39 Å². The lowest BCUT2D eigenvalue weighted by atomic mass is 9.74. The Hall–Kier alpha value is -2.72. The van der Waals surface area contributed by atoms with Crippen molar-refractivity contribution in [3.63, 3.8) is 0 Å². The first-order valence-electron chi connectivity index (χ1n) is 12.7. The molecule has 3 atom stereocenters. The third kappa shape index (κ3) is 4.99. The number of aliphatic hydroxyl groups excluding tert-OH is 1. The molecule has 5 nitrogen and oxygen atoms in total. The van der Waals surface area contributed by atoms with Crippen molar-refractivity contribution >= 4 is 5.91 Å². The second kappa shape index (κ2) is 10.1. The second-order valence-corrected chi connectivity index (χ2v) is 10.2. The van der Waals surface area contributed by atoms with Gasteiger partial charge in [0.1, 0.15) is 11.4 Å². The smallest absolute Gasteiger partial charge is 0.254 e. The van der Waals surface area contributed by atoms with Crippen molar-refractivity contribution < 1.29 is 19.4 Å². The molecule has 2 aliphatic heterocycles. The van der Waals surface area contributed by atoms with Crippen molar-refractivity contribution in [2.75, 3.05) is 26.2 Å². The molecule has 0 radical (unpaired) electrons. The standard InChI is InChI=1S/C29H33FN2O3/c30-24-7-5-6-23(18-24)28(34)31-16-3-4-17-32-25(19-31)27(26(32)20-33)22-10-8-21(9-11-22)12-15-29(35)13-1-2-14-29/h5-11,18,25-27,33,35H,1-4,13-14,16-17,19-20H2/t25-,26+,27-/m1/s1. The van der Waals surface area contributed by atoms with Crippen LogP contribution < -0.4 is 0 Å². The summed E-state index contributed by atoms with van der Waals surface area (Å²) in [5, 5.41) is 20.7. The first-order chi connectivity index (χ1) is 17.0. The van der Waals surface area contributed by atoms with Crippen LogP contribution in [0.1, 0.15) is 65.9 Å². The topological polar surface area (TPSA) is 64.0 Å². The Bertz CT molecular complexity index is 1120. The molecule has 184 valence electrons. The van der Waals surface area contributed by atoms with Crippen molar-refractivity contribution in [3.05, 3.63) is 71.0 Å². The number of rotatable bonds is 3. The normalized spacial score (nSPS) is 26.0. The maximum absolute atomic E-state index is 13.7. The van der Waals surface area contributed by atoms with Crippen LogP contribution in [0.15, 0.2) is 48.5 Å². The SMILES string of the molecule is O=C(c1cccc(F)c1)N1CCCCN2[C@H](C1)[C@@H](c1ccc(C#CC3(O)CCCC3)cc1)[C@@H]2CO. The van der Waals surface area contributed by atoms with Gasteiger partial charge in [-0.15, -0.1) is 0 Å². The molecule has 3 aliphatic rings. The zero-order valence-electron chi connectivity index (χ0n) is 20.0. The summed E-state index contributed by atoms with van der Waals surface area (Å²) in [4.78, 5) is 17.4. The lowest BCUT2D eigenvalue weighted by Gasteiger charge is -2.57. The number of carbonyl (C=O) groups excluding carboxylic acids is 1. The minimum absolute atomic E-state index is 0.0142. The van der Waals surface area contributed by atoms with Crippen LogP contribution in [0, 0.1) is 17.7 Å². The van der Waals surface area contributed by atoms with Gasteiger partial charge in [0.15, 0.2) is 0 Å². The summed E-state index contributed by atoms with van der Waals surface area (Å²) in [7, 11) is 0. The van der Waals surface area contributed by atoms with Gasteiger partial charge < -0.3 is 15.1 Å². The zero-order chi connectivity index (χ0) is 24.4. The van der Waals surface area contributed by atoms with Gasteiger partial charge in [-0.05, 0) is 81.0 Å². The lowest BCUT2D eigenvalue weighted by Crippen LogP contribution is -2.67. The molecule has 3 fully saturated rings. The third-order valence-electron chi connectivity index (χ3n) is 7.89. The molecular formula is C29H33FN2O3. The summed E-state index contributed by atoms with van der Waals surface area (Å²) < 4.78 is 13.7. The number of hydrogen-bond acceptors (Lipinski definition) is 4. The Morgan fingerprint density at radius 1 is 1.06 bits per heavy atom. The summed E-state index contributed by atoms with van der Waals surface area (Å²) in [5.41, 5.74) is 1.50. The molecule has 0 spiro atoms. The molecule has 35 heavy (non-hydrogen) atoms. The van der Waals surface area contributed by atoms with Crippen LogP contribution in [-0.2, 0) is 0 Å². The number of nitrogens with zero attached hydrogens (tertiary/aromatic N) is 2. The molecule has 6 heteroatoms. The molecule has 1 aliphatic carbocycles. The van der Waals surface area contributed by atoms with Crippen LogP contribution >= 0.6 is 0 Å². The summed E-state index contributed by atoms with van der Waals surface area (Å²) in [6.45, 7) is 2.16. The van der Waals surface area contributed by atoms with E-state index in [-0.39, 0.29) is 30.5 Å². The number of aliphatic hydroxyl groups is 2. The Balaban J connectivity index is 1.35. The van der Waals surface area contributed by atoms with Crippen LogP contribution in [0.3, 0.4) is 0 Å². The average molecular weight is 477 g/mol. The predicted molar refractivity (Wildman–Crippen MR) is 132 cm³/mol. The fourth-order valence-electron chi connectivity index (χ4n) is 5.99. The van der Waals surface area contributed by atoms with E-state index in [1.165, 1.54) is 12.1 Å². The maximum atomic E-state index is 13.7. The number of benzene rings is 2. The van der Waals surface area contributed by atoms with Crippen LogP contribution in [0.2, 0.25) is 0 Å². The van der Waals surface area contributed by atoms with Crippen molar-refractivity contribution in [1.29, 1.82) is 0 Å². The van der Waals surface area contributed by atoms with E-state index in [9.17, 15) is 19.4 Å². The maximum Gasteiger partial charge on any atom is 0.254 e. The van der Waals surface area contributed by atoms with Gasteiger partial charge in [0, 0.05) is 42.2 Å². The molecule has 2 aromatic rings. The molecular weight excluding hydrogens is 443 g/mol. The minimum Gasteiger partial charge on any atom is -0.395 e. The van der Waals surface area contributed by atoms with Gasteiger partial charge in [-0.3, -0.25) is 9.69 Å². The highest BCUT2D eigenvalue weighted by molar-refractivity contribution is 5.94. The highest BCUT2D eigenvalue weighted by Gasteiger charge is 2.49. The van der Waals surface area contributed by atoms with E-state index in [4.69, 9.17) is 0 Å². The second-order valence-electron chi connectivity index (χ2n) is 10.2. The first-order valence-corrected chi connectivity index (χ1v) is 12.7. The van der Waals surface area contributed by atoms with Crippen LogP contribution in [0.5, 0.6) is 0 Å². The van der Waals surface area contributed by atoms with Crippen molar-refractivity contribution in [2.45, 2.75) is 62.1 Å². The average Bonchev–Trinajstić information content (AvgIpc) is 3.29. The molecule has 0 bridgehead atoms. The molecule has 1 amide bonds. The third-order valence-corrected chi connectivity index (χ3v) is 7.89. The van der Waals surface area contributed by atoms with Gasteiger partial charge in [0.2, 0.25) is 0 Å². The van der Waals surface area contributed by atoms with Gasteiger partial charge in [-0.1, -0.05) is 30.0 Å². The van der Waals surface area contributed by atoms with Crippen LogP contribution in [0.4, 0.5) is 4.39 Å². The highest BCUT2D eigenvalue weighted by atomic mass is 19.1. The number of hydrogen-bond donors (Lipinski definition) is 2. The molecule has 2 heterocycles. The van der Waals surface area contributed by atoms with E-state index in [0.29, 0.717) is 18.7 Å². The molecule has 2 aromatic carbocycles. The summed E-state index contributed by atoms with van der Waals surface area (Å²) in [5.74, 6) is 5.73. The van der Waals surface area contributed by atoms with Crippen molar-refractivity contribution in [3.8, 4) is 11.8 Å². The predicted octanol–water partition coefficient (Wildman–Crippen LogP) is 3.55. The zero-order valence-corrected chi connectivity index (χ0v) is 20.0. The van der Waals surface area contributed by atoms with Crippen molar-refractivity contribution in [1.82, 2.24) is 9.80 Å². The molecule has 2 saturated heterocycles. The Morgan fingerprint density at radius 2 is 1.80 bits per heavy atom. The fraction of sp³-hybridized carbons (Fsp3) is 0.483. The quantitative estimate of drug-likeness (QED) is 0.666. The number of carbonyl (C=O) groups is 1. The fourth-order valence-corrected chi connectivity index (χ4v) is 5.99. The van der Waals surface area contributed by atoms with Crippen LogP contribution in [-0.4, -0.2) is 69.8 Å². The molecule has 0 unspecified atom stereocenters. The summed E-state index contributed by atoms with van der Waals surface area (Å²) >= 11 is 0. The number of amides is 1. The van der Waals surface area contributed by atoms with E-state index >= 15 is 0 Å². The molecule has 0 aromatic heterocycles. The summed E-state index contributed by atoms with van der Waals surface area (Å²) in [6, 6.07) is 14.1. The Labute approximate surface area is 206 Å². The van der Waals surface area contributed by atoms with Gasteiger partial charge in [0.05, 0.1) is 6.61 Å². The monoisotopic (exact) mass is 476 g/mol. The molecule has 5 rings (SSSR count). The Morgan fingerprint density at radius 3 is 2.51 bits per heavy atom. The van der Waals surface area contributed by atoms with E-state index in [1.54, 1.807) is 12.1 Å². The van der Waals surface area contributed by atoms with Gasteiger partial charge in [0.25, 0.3) is 5.91 Å². The van der Waals surface area contributed by atoms with E-state index in [1.807, 2.05) is 17.0 Å². The lowest BCUT2D eigenvalue weighted by molar-refractivity contribution is -0.0606. The van der Waals surface area contributed by atoms with Crippen molar-refractivity contribution in [2.24, 2.45) is 0 Å². The Kier molecular flexibility index (Phi) is 6.93. The van der Waals surface area contributed by atoms with E-state index in [2.05, 4.69) is 28.9 Å². The van der Waals surface area contributed by atoms with Gasteiger partial charge >= 0.3 is 0 Å². The van der Waals surface area contributed by atoms with Gasteiger partial charge in [-0.2, -0.15) is 0 Å². The van der Waals surface area contributed by atoms with E-state index < -0.39 is 11.4 Å².